The van der Waals surface area contributed by atoms with Crippen LogP contribution in [0.2, 0.25) is 0 Å². The lowest BCUT2D eigenvalue weighted by atomic mass is 10.2. The maximum Gasteiger partial charge on any atom is 0.155 e. The van der Waals surface area contributed by atoms with Gasteiger partial charge in [-0.05, 0) is 25.8 Å². The van der Waals surface area contributed by atoms with Gasteiger partial charge >= 0.3 is 0 Å². The number of ketones is 1. The molecule has 0 saturated carbocycles. The highest BCUT2D eigenvalue weighted by atomic mass is 16.1. The molecule has 0 unspecified atom stereocenters. The first-order valence-corrected chi connectivity index (χ1v) is 4.02. The normalized spacial score (nSPS) is 12.5. The number of carbonyl (C=O) groups excluding carboxylic acids is 1. The molecule has 11 heavy (non-hydrogen) atoms. The molecule has 0 aliphatic carbocycles. The van der Waals surface area contributed by atoms with E-state index in [2.05, 4.69) is 13.0 Å². The number of Topliss-reactive ketones (excluding diaryl/α,β-unsaturated/α-hetero) is 1. The van der Waals surface area contributed by atoms with Crippen LogP contribution in [0.15, 0.2) is 23.8 Å². The molecule has 0 aromatic carbocycles. The van der Waals surface area contributed by atoms with E-state index in [0.29, 0.717) is 0 Å². The van der Waals surface area contributed by atoms with E-state index in [-0.39, 0.29) is 5.78 Å². The monoisotopic (exact) mass is 152 g/mol. The van der Waals surface area contributed by atoms with Gasteiger partial charge in [0.1, 0.15) is 0 Å². The predicted octanol–water partition coefficient (Wildman–Crippen LogP) is 2.88. The van der Waals surface area contributed by atoms with E-state index in [9.17, 15) is 4.79 Å². The van der Waals surface area contributed by atoms with Gasteiger partial charge in [0.2, 0.25) is 0 Å². The molecule has 0 N–H and O–H groups in total. The fourth-order valence-corrected chi connectivity index (χ4v) is 0.593. The Morgan fingerprint density at radius 1 is 1.36 bits per heavy atom. The maximum atomic E-state index is 10.7. The highest BCUT2D eigenvalue weighted by Gasteiger charge is 1.90. The predicted molar refractivity (Wildman–Crippen MR) is 48.5 cm³/mol. The van der Waals surface area contributed by atoms with Crippen LogP contribution in [-0.2, 0) is 4.79 Å². The summed E-state index contributed by atoms with van der Waals surface area (Å²) >= 11 is 0. The second-order valence-electron chi connectivity index (χ2n) is 2.62. The van der Waals surface area contributed by atoms with E-state index >= 15 is 0 Å². The van der Waals surface area contributed by atoms with Crippen LogP contribution in [-0.4, -0.2) is 5.78 Å². The van der Waals surface area contributed by atoms with Crippen LogP contribution in [0.4, 0.5) is 0 Å². The SMILES string of the molecule is CCCC=CC=C(C)C(C)=O. The summed E-state index contributed by atoms with van der Waals surface area (Å²) in [6.45, 7) is 5.55. The fraction of sp³-hybridized carbons (Fsp3) is 0.500. The molecule has 1 nitrogen and oxygen atoms in total. The van der Waals surface area contributed by atoms with Crippen molar-refractivity contribution in [2.45, 2.75) is 33.6 Å². The largest absolute Gasteiger partial charge is 0.295 e. The Morgan fingerprint density at radius 3 is 2.45 bits per heavy atom. The van der Waals surface area contributed by atoms with E-state index in [4.69, 9.17) is 0 Å². The Labute approximate surface area is 68.8 Å². The number of hydrogen-bond donors (Lipinski definition) is 0. The summed E-state index contributed by atoms with van der Waals surface area (Å²) in [5.74, 6) is 0.145. The summed E-state index contributed by atoms with van der Waals surface area (Å²) < 4.78 is 0. The third-order valence-corrected chi connectivity index (χ3v) is 1.49. The second kappa shape index (κ2) is 5.90. The van der Waals surface area contributed by atoms with Gasteiger partial charge in [0.05, 0.1) is 0 Å². The molecule has 0 bridgehead atoms. The van der Waals surface area contributed by atoms with E-state index < -0.39 is 0 Å². The molecular weight excluding hydrogens is 136 g/mol. The van der Waals surface area contributed by atoms with Gasteiger partial charge < -0.3 is 0 Å². The first-order chi connectivity index (χ1) is 5.18. The van der Waals surface area contributed by atoms with Crippen molar-refractivity contribution in [1.29, 1.82) is 0 Å². The summed E-state index contributed by atoms with van der Waals surface area (Å²) in [7, 11) is 0. The van der Waals surface area contributed by atoms with Crippen molar-refractivity contribution < 1.29 is 4.79 Å². The Hall–Kier alpha value is -0.850. The van der Waals surface area contributed by atoms with Crippen LogP contribution in [0.25, 0.3) is 0 Å². The van der Waals surface area contributed by atoms with Crippen LogP contribution in [0.5, 0.6) is 0 Å². The minimum atomic E-state index is 0.145. The summed E-state index contributed by atoms with van der Waals surface area (Å²) in [6, 6.07) is 0. The molecule has 0 spiro atoms. The number of carbonyl (C=O) groups is 1. The lowest BCUT2D eigenvalue weighted by Crippen LogP contribution is -1.89. The maximum absolute atomic E-state index is 10.7. The van der Waals surface area contributed by atoms with E-state index in [1.165, 1.54) is 0 Å². The Bertz CT molecular complexity index is 175. The molecule has 0 aromatic heterocycles. The fourth-order valence-electron chi connectivity index (χ4n) is 0.593. The summed E-state index contributed by atoms with van der Waals surface area (Å²) in [4.78, 5) is 10.7. The zero-order valence-electron chi connectivity index (χ0n) is 7.55. The van der Waals surface area contributed by atoms with Crippen LogP contribution >= 0.6 is 0 Å². The molecule has 0 radical (unpaired) electrons. The van der Waals surface area contributed by atoms with Gasteiger partial charge in [-0.2, -0.15) is 0 Å². The van der Waals surface area contributed by atoms with Crippen molar-refractivity contribution >= 4 is 5.78 Å². The number of hydrogen-bond acceptors (Lipinski definition) is 1. The van der Waals surface area contributed by atoms with Gasteiger partial charge in [0.15, 0.2) is 5.78 Å². The lowest BCUT2D eigenvalue weighted by molar-refractivity contribution is -0.113. The number of unbranched alkanes of at least 4 members (excludes halogenated alkanes) is 1. The Kier molecular flexibility index (Phi) is 5.44. The van der Waals surface area contributed by atoms with Crippen molar-refractivity contribution in [1.82, 2.24) is 0 Å². The molecule has 0 saturated heterocycles. The summed E-state index contributed by atoms with van der Waals surface area (Å²) in [6.07, 6.45) is 8.12. The highest BCUT2D eigenvalue weighted by Crippen LogP contribution is 1.95. The average Bonchev–Trinajstić information content (AvgIpc) is 1.97. The van der Waals surface area contributed by atoms with Crippen LogP contribution in [0.3, 0.4) is 0 Å². The molecule has 62 valence electrons. The van der Waals surface area contributed by atoms with Gasteiger partial charge in [-0.1, -0.05) is 31.6 Å². The van der Waals surface area contributed by atoms with Gasteiger partial charge in [-0.3, -0.25) is 4.79 Å². The zero-order valence-corrected chi connectivity index (χ0v) is 7.55. The molecule has 0 aliphatic heterocycles. The Balaban J connectivity index is 3.81. The van der Waals surface area contributed by atoms with Gasteiger partial charge in [-0.25, -0.2) is 0 Å². The third kappa shape index (κ3) is 5.59. The highest BCUT2D eigenvalue weighted by molar-refractivity contribution is 5.92. The molecule has 0 fully saturated rings. The zero-order chi connectivity index (χ0) is 8.69. The van der Waals surface area contributed by atoms with E-state index in [0.717, 1.165) is 18.4 Å². The standard InChI is InChI=1S/C10H16O/c1-4-5-6-7-8-9(2)10(3)11/h6-8H,4-5H2,1-3H3. The van der Waals surface area contributed by atoms with E-state index in [1.54, 1.807) is 6.92 Å². The van der Waals surface area contributed by atoms with Crippen LogP contribution in [0, 0.1) is 0 Å². The first kappa shape index (κ1) is 10.2. The molecule has 0 aromatic rings. The summed E-state index contributed by atoms with van der Waals surface area (Å²) in [5.41, 5.74) is 0.817. The van der Waals surface area contributed by atoms with Crippen LogP contribution in [0.1, 0.15) is 33.6 Å². The second-order valence-corrected chi connectivity index (χ2v) is 2.62. The Morgan fingerprint density at radius 2 is 2.00 bits per heavy atom. The van der Waals surface area contributed by atoms with Crippen molar-refractivity contribution in [2.24, 2.45) is 0 Å². The number of allylic oxidation sites excluding steroid dienone is 4. The van der Waals surface area contributed by atoms with Crippen LogP contribution < -0.4 is 0 Å². The van der Waals surface area contributed by atoms with Crippen molar-refractivity contribution in [3.8, 4) is 0 Å². The molecule has 0 atom stereocenters. The van der Waals surface area contributed by atoms with Crippen molar-refractivity contribution in [3.05, 3.63) is 23.8 Å². The molecule has 0 heterocycles. The molecule has 0 amide bonds. The molecular formula is C10H16O. The third-order valence-electron chi connectivity index (χ3n) is 1.49. The minimum Gasteiger partial charge on any atom is -0.295 e. The van der Waals surface area contributed by atoms with Gasteiger partial charge in [0.25, 0.3) is 0 Å². The minimum absolute atomic E-state index is 0.145. The number of rotatable bonds is 4. The van der Waals surface area contributed by atoms with Crippen molar-refractivity contribution in [3.63, 3.8) is 0 Å². The van der Waals surface area contributed by atoms with Gasteiger partial charge in [0, 0.05) is 0 Å². The smallest absolute Gasteiger partial charge is 0.155 e. The van der Waals surface area contributed by atoms with Crippen molar-refractivity contribution in [2.75, 3.05) is 0 Å². The molecule has 0 aliphatic rings. The lowest BCUT2D eigenvalue weighted by Gasteiger charge is -1.88. The summed E-state index contributed by atoms with van der Waals surface area (Å²) in [5, 5.41) is 0. The van der Waals surface area contributed by atoms with Gasteiger partial charge in [-0.15, -0.1) is 0 Å². The molecule has 1 heteroatoms. The molecule has 0 rings (SSSR count). The van der Waals surface area contributed by atoms with E-state index in [1.807, 2.05) is 19.1 Å². The quantitative estimate of drug-likeness (QED) is 0.447. The topological polar surface area (TPSA) is 17.1 Å². The average molecular weight is 152 g/mol. The first-order valence-electron chi connectivity index (χ1n) is 4.02.